The number of methoxy groups -OCH3 is 1. The topological polar surface area (TPSA) is 97.6 Å². The quantitative estimate of drug-likeness (QED) is 0.534. The molecule has 1 fully saturated rings. The van der Waals surface area contributed by atoms with E-state index in [0.717, 1.165) is 24.2 Å². The summed E-state index contributed by atoms with van der Waals surface area (Å²) < 4.78 is 10.5. The molecule has 2 heterocycles. The molecule has 2 aromatic rings. The molecule has 3 rings (SSSR count). The zero-order valence-electron chi connectivity index (χ0n) is 19.5. The van der Waals surface area contributed by atoms with Gasteiger partial charge in [-0.25, -0.2) is 0 Å². The number of aryl methyl sites for hydroxylation is 1. The third-order valence-electron chi connectivity index (χ3n) is 5.85. The van der Waals surface area contributed by atoms with Crippen molar-refractivity contribution >= 4 is 11.8 Å². The first-order chi connectivity index (χ1) is 15.4. The van der Waals surface area contributed by atoms with Crippen LogP contribution in [0.25, 0.3) is 0 Å². The van der Waals surface area contributed by atoms with E-state index in [-0.39, 0.29) is 30.2 Å². The van der Waals surface area contributed by atoms with Crippen LogP contribution in [-0.2, 0) is 16.0 Å². The molecule has 0 aliphatic carbocycles. The molecule has 32 heavy (non-hydrogen) atoms. The van der Waals surface area contributed by atoms with Crippen molar-refractivity contribution in [3.8, 4) is 5.75 Å². The van der Waals surface area contributed by atoms with Gasteiger partial charge in [-0.05, 0) is 30.5 Å². The van der Waals surface area contributed by atoms with E-state index in [1.165, 1.54) is 0 Å². The van der Waals surface area contributed by atoms with Gasteiger partial charge in [0, 0.05) is 31.8 Å². The second-order valence-electron chi connectivity index (χ2n) is 8.56. The number of hydrogen-bond acceptors (Lipinski definition) is 6. The van der Waals surface area contributed by atoms with Crippen molar-refractivity contribution in [2.24, 2.45) is 5.92 Å². The largest absolute Gasteiger partial charge is 0.497 e. The van der Waals surface area contributed by atoms with Gasteiger partial charge in [0.2, 0.25) is 17.7 Å². The van der Waals surface area contributed by atoms with Crippen LogP contribution in [0.15, 0.2) is 28.8 Å². The fraction of sp³-hybridized carbons (Fsp3) is 0.583. The second-order valence-corrected chi connectivity index (χ2v) is 8.56. The van der Waals surface area contributed by atoms with Crippen LogP contribution in [0.4, 0.5) is 0 Å². The zero-order valence-corrected chi connectivity index (χ0v) is 19.5. The monoisotopic (exact) mass is 442 g/mol. The number of unbranched alkanes of at least 4 members (excludes halogenated alkanes) is 1. The Morgan fingerprint density at radius 2 is 2.03 bits per heavy atom. The summed E-state index contributed by atoms with van der Waals surface area (Å²) in [5.74, 6) is 1.78. The van der Waals surface area contributed by atoms with Gasteiger partial charge in [-0.1, -0.05) is 44.5 Å². The number of amides is 2. The van der Waals surface area contributed by atoms with E-state index < -0.39 is 5.92 Å². The Labute approximate surface area is 189 Å². The fourth-order valence-electron chi connectivity index (χ4n) is 4.02. The number of ether oxygens (including phenoxy) is 1. The summed E-state index contributed by atoms with van der Waals surface area (Å²) in [6.07, 6.45) is 3.43. The van der Waals surface area contributed by atoms with E-state index in [1.807, 2.05) is 43.0 Å². The standard InChI is InChI=1S/C24H34N4O4/c1-5-6-14-28-21(29)15-19(22(28)17-9-11-18(31-4)12-10-17)24(30)25-13-7-8-20-26-23(16(2)3)27-32-20/h9-12,16,19,22H,5-8,13-15H2,1-4H3,(H,25,30). The molecule has 1 aliphatic rings. The summed E-state index contributed by atoms with van der Waals surface area (Å²) in [6.45, 7) is 7.28. The van der Waals surface area contributed by atoms with Gasteiger partial charge in [-0.15, -0.1) is 0 Å². The number of nitrogens with one attached hydrogen (secondary N) is 1. The highest BCUT2D eigenvalue weighted by molar-refractivity contribution is 5.90. The van der Waals surface area contributed by atoms with Gasteiger partial charge in [-0.2, -0.15) is 4.98 Å². The Hall–Kier alpha value is -2.90. The van der Waals surface area contributed by atoms with Crippen LogP contribution >= 0.6 is 0 Å². The van der Waals surface area contributed by atoms with E-state index >= 15 is 0 Å². The lowest BCUT2D eigenvalue weighted by molar-refractivity contribution is -0.129. The molecule has 0 radical (unpaired) electrons. The third-order valence-corrected chi connectivity index (χ3v) is 5.85. The lowest BCUT2D eigenvalue weighted by Crippen LogP contribution is -2.36. The smallest absolute Gasteiger partial charge is 0.226 e. The number of nitrogens with zero attached hydrogens (tertiary/aromatic N) is 3. The minimum atomic E-state index is -0.413. The molecule has 8 heteroatoms. The van der Waals surface area contributed by atoms with E-state index in [0.29, 0.717) is 37.6 Å². The van der Waals surface area contributed by atoms with E-state index in [1.54, 1.807) is 7.11 Å². The molecule has 2 atom stereocenters. The van der Waals surface area contributed by atoms with E-state index in [2.05, 4.69) is 22.4 Å². The first kappa shape index (κ1) is 23.8. The number of hydrogen-bond donors (Lipinski definition) is 1. The number of carbonyl (C=O) groups is 2. The number of benzene rings is 1. The Morgan fingerprint density at radius 3 is 2.66 bits per heavy atom. The molecule has 1 aromatic carbocycles. The molecule has 0 bridgehead atoms. The van der Waals surface area contributed by atoms with E-state index in [9.17, 15) is 9.59 Å². The molecular weight excluding hydrogens is 408 g/mol. The van der Waals surface area contributed by atoms with Crippen LogP contribution < -0.4 is 10.1 Å². The van der Waals surface area contributed by atoms with Crippen LogP contribution in [0, 0.1) is 5.92 Å². The number of carbonyl (C=O) groups excluding carboxylic acids is 2. The summed E-state index contributed by atoms with van der Waals surface area (Å²) in [5.41, 5.74) is 0.958. The second kappa shape index (κ2) is 11.1. The van der Waals surface area contributed by atoms with Crippen molar-refractivity contribution in [1.82, 2.24) is 20.4 Å². The van der Waals surface area contributed by atoms with Crippen molar-refractivity contribution in [3.05, 3.63) is 41.5 Å². The van der Waals surface area contributed by atoms with Crippen molar-refractivity contribution in [2.75, 3.05) is 20.2 Å². The maximum absolute atomic E-state index is 13.1. The molecule has 2 amide bonds. The maximum Gasteiger partial charge on any atom is 0.226 e. The minimum absolute atomic E-state index is 0.0338. The van der Waals surface area contributed by atoms with Gasteiger partial charge in [0.05, 0.1) is 19.1 Å². The van der Waals surface area contributed by atoms with Gasteiger partial charge in [0.1, 0.15) is 5.75 Å². The van der Waals surface area contributed by atoms with Gasteiger partial charge in [0.15, 0.2) is 5.82 Å². The van der Waals surface area contributed by atoms with Crippen molar-refractivity contribution < 1.29 is 18.8 Å². The lowest BCUT2D eigenvalue weighted by Gasteiger charge is -2.28. The van der Waals surface area contributed by atoms with Gasteiger partial charge in [0.25, 0.3) is 0 Å². The zero-order chi connectivity index (χ0) is 23.1. The summed E-state index contributed by atoms with van der Waals surface area (Å²) >= 11 is 0. The summed E-state index contributed by atoms with van der Waals surface area (Å²) in [7, 11) is 1.62. The summed E-state index contributed by atoms with van der Waals surface area (Å²) in [6, 6.07) is 7.39. The predicted octanol–water partition coefficient (Wildman–Crippen LogP) is 3.64. The lowest BCUT2D eigenvalue weighted by atomic mass is 9.92. The third kappa shape index (κ3) is 5.66. The minimum Gasteiger partial charge on any atom is -0.497 e. The average Bonchev–Trinajstić information content (AvgIpc) is 3.40. The number of likely N-dealkylation sites (tertiary alicyclic amines) is 1. The molecule has 0 saturated carbocycles. The van der Waals surface area contributed by atoms with Crippen LogP contribution in [0.1, 0.15) is 75.7 Å². The van der Waals surface area contributed by atoms with Crippen molar-refractivity contribution in [3.63, 3.8) is 0 Å². The Morgan fingerprint density at radius 1 is 1.28 bits per heavy atom. The first-order valence-electron chi connectivity index (χ1n) is 11.5. The van der Waals surface area contributed by atoms with Crippen molar-refractivity contribution in [1.29, 1.82) is 0 Å². The normalized spacial score (nSPS) is 18.4. The molecule has 1 aliphatic heterocycles. The molecule has 174 valence electrons. The Balaban J connectivity index is 1.63. The fourth-order valence-corrected chi connectivity index (χ4v) is 4.02. The molecule has 1 N–H and O–H groups in total. The Bertz CT molecular complexity index is 894. The first-order valence-corrected chi connectivity index (χ1v) is 11.5. The van der Waals surface area contributed by atoms with Crippen LogP contribution in [0.5, 0.6) is 5.75 Å². The highest BCUT2D eigenvalue weighted by Crippen LogP contribution is 2.39. The molecule has 8 nitrogen and oxygen atoms in total. The Kier molecular flexibility index (Phi) is 8.25. The highest BCUT2D eigenvalue weighted by Gasteiger charge is 2.44. The SMILES string of the molecule is CCCCN1C(=O)CC(C(=O)NCCCc2nc(C(C)C)no2)C1c1ccc(OC)cc1. The highest BCUT2D eigenvalue weighted by atomic mass is 16.5. The molecule has 0 spiro atoms. The summed E-state index contributed by atoms with van der Waals surface area (Å²) in [4.78, 5) is 32.1. The van der Waals surface area contributed by atoms with Crippen LogP contribution in [0.2, 0.25) is 0 Å². The molecule has 1 aromatic heterocycles. The van der Waals surface area contributed by atoms with Crippen LogP contribution in [-0.4, -0.2) is 47.1 Å². The summed E-state index contributed by atoms with van der Waals surface area (Å²) in [5, 5.41) is 6.98. The number of rotatable bonds is 11. The average molecular weight is 443 g/mol. The van der Waals surface area contributed by atoms with Gasteiger partial charge in [-0.3, -0.25) is 9.59 Å². The van der Waals surface area contributed by atoms with E-state index in [4.69, 9.17) is 9.26 Å². The van der Waals surface area contributed by atoms with Gasteiger partial charge >= 0.3 is 0 Å². The number of aromatic nitrogens is 2. The molecular formula is C24H34N4O4. The van der Waals surface area contributed by atoms with Crippen LogP contribution in [0.3, 0.4) is 0 Å². The predicted molar refractivity (Wildman–Crippen MR) is 120 cm³/mol. The molecule has 1 saturated heterocycles. The van der Waals surface area contributed by atoms with Crippen molar-refractivity contribution in [2.45, 2.75) is 64.8 Å². The molecule has 2 unspecified atom stereocenters. The maximum atomic E-state index is 13.1. The van der Waals surface area contributed by atoms with Gasteiger partial charge < -0.3 is 19.5 Å².